The number of piperidine rings is 1. The Hall–Kier alpha value is -1.73. The highest BCUT2D eigenvalue weighted by Gasteiger charge is 2.33. The van der Waals surface area contributed by atoms with Crippen LogP contribution in [0.2, 0.25) is 0 Å². The molecule has 0 aromatic carbocycles. The number of carbonyl (C=O) groups is 1. The van der Waals surface area contributed by atoms with E-state index in [1.807, 2.05) is 0 Å². The van der Waals surface area contributed by atoms with Crippen molar-refractivity contribution in [2.24, 2.45) is 0 Å². The van der Waals surface area contributed by atoms with Crippen LogP contribution in [0.5, 0.6) is 0 Å². The zero-order valence-electron chi connectivity index (χ0n) is 11.2. The van der Waals surface area contributed by atoms with Crippen LogP contribution in [0.4, 0.5) is 5.69 Å². The predicted molar refractivity (Wildman–Crippen MR) is 77.6 cm³/mol. The largest absolute Gasteiger partial charge is 0.396 e. The van der Waals surface area contributed by atoms with Crippen molar-refractivity contribution < 1.29 is 9.90 Å². The van der Waals surface area contributed by atoms with Crippen LogP contribution in [-0.4, -0.2) is 44.6 Å². The lowest BCUT2D eigenvalue weighted by molar-refractivity contribution is -0.0105. The molecule has 3 heterocycles. The minimum Gasteiger partial charge on any atom is -0.396 e. The molecule has 1 amide bonds. The molecule has 1 aliphatic rings. The average molecular weight is 292 g/mol. The van der Waals surface area contributed by atoms with Crippen molar-refractivity contribution in [3.05, 3.63) is 17.3 Å². The van der Waals surface area contributed by atoms with Crippen molar-refractivity contribution >= 4 is 33.3 Å². The molecule has 1 aliphatic heterocycles. The summed E-state index contributed by atoms with van der Waals surface area (Å²) in [6.45, 7) is 2.73. The summed E-state index contributed by atoms with van der Waals surface area (Å²) in [7, 11) is 0. The molecule has 3 rings (SSSR count). The van der Waals surface area contributed by atoms with E-state index in [9.17, 15) is 9.90 Å². The molecule has 1 unspecified atom stereocenters. The summed E-state index contributed by atoms with van der Waals surface area (Å²) >= 11 is 1.25. The fourth-order valence-electron chi connectivity index (χ4n) is 2.54. The van der Waals surface area contributed by atoms with Crippen LogP contribution in [0.1, 0.15) is 29.4 Å². The van der Waals surface area contributed by atoms with Gasteiger partial charge in [-0.15, -0.1) is 11.3 Å². The Morgan fingerprint density at radius 1 is 1.50 bits per heavy atom. The van der Waals surface area contributed by atoms with E-state index >= 15 is 0 Å². The van der Waals surface area contributed by atoms with Crippen LogP contribution in [0, 0.1) is 0 Å². The molecule has 0 spiro atoms. The van der Waals surface area contributed by atoms with Crippen molar-refractivity contribution in [2.75, 3.05) is 18.8 Å². The van der Waals surface area contributed by atoms with E-state index < -0.39 is 5.60 Å². The second-order valence-electron chi connectivity index (χ2n) is 5.38. The first-order valence-corrected chi connectivity index (χ1v) is 7.30. The summed E-state index contributed by atoms with van der Waals surface area (Å²) in [6, 6.07) is 0. The summed E-state index contributed by atoms with van der Waals surface area (Å²) in [4.78, 5) is 23.7. The van der Waals surface area contributed by atoms with Crippen LogP contribution in [-0.2, 0) is 0 Å². The number of anilines is 1. The van der Waals surface area contributed by atoms with E-state index in [1.165, 1.54) is 11.3 Å². The van der Waals surface area contributed by atoms with Gasteiger partial charge in [0, 0.05) is 25.5 Å². The summed E-state index contributed by atoms with van der Waals surface area (Å²) < 4.78 is 0. The van der Waals surface area contributed by atoms with Crippen LogP contribution < -0.4 is 5.73 Å². The number of aliphatic hydroxyl groups is 1. The third-order valence-electron chi connectivity index (χ3n) is 3.52. The van der Waals surface area contributed by atoms with Gasteiger partial charge in [0.05, 0.1) is 11.3 Å². The molecule has 0 bridgehead atoms. The van der Waals surface area contributed by atoms with Crippen LogP contribution in [0.25, 0.3) is 10.3 Å². The molecule has 0 radical (unpaired) electrons. The number of amides is 1. The molecule has 0 saturated carbocycles. The number of hydrogen-bond acceptors (Lipinski definition) is 6. The maximum absolute atomic E-state index is 12.6. The molecule has 6 nitrogen and oxygen atoms in total. The molecular formula is C13H16N4O2S. The lowest BCUT2D eigenvalue weighted by Gasteiger charge is -2.36. The van der Waals surface area contributed by atoms with E-state index in [4.69, 9.17) is 5.73 Å². The Balaban J connectivity index is 1.94. The summed E-state index contributed by atoms with van der Waals surface area (Å²) in [6.07, 6.45) is 4.64. The van der Waals surface area contributed by atoms with E-state index in [2.05, 4.69) is 9.97 Å². The first-order chi connectivity index (χ1) is 9.48. The molecule has 1 fully saturated rings. The number of β-amino-alcohol motifs (C(OH)–C–C–N with tert-alkyl or cyclic N) is 1. The van der Waals surface area contributed by atoms with Crippen molar-refractivity contribution in [2.45, 2.75) is 25.4 Å². The molecule has 20 heavy (non-hydrogen) atoms. The van der Waals surface area contributed by atoms with Gasteiger partial charge in [-0.05, 0) is 19.8 Å². The van der Waals surface area contributed by atoms with Gasteiger partial charge < -0.3 is 15.7 Å². The third-order valence-corrected chi connectivity index (χ3v) is 4.61. The summed E-state index contributed by atoms with van der Waals surface area (Å²) in [5, 5.41) is 10.1. The number of carbonyl (C=O) groups excluding carboxylic acids is 1. The normalized spacial score (nSPS) is 23.2. The van der Waals surface area contributed by atoms with Gasteiger partial charge in [-0.25, -0.2) is 9.97 Å². The number of nitrogens with two attached hydrogens (primary N) is 1. The Kier molecular flexibility index (Phi) is 3.10. The van der Waals surface area contributed by atoms with Gasteiger partial charge in [0.1, 0.15) is 15.2 Å². The maximum atomic E-state index is 12.6. The van der Waals surface area contributed by atoms with Crippen LogP contribution in [0.3, 0.4) is 0 Å². The molecule has 3 N–H and O–H groups in total. The van der Waals surface area contributed by atoms with E-state index in [-0.39, 0.29) is 5.91 Å². The Morgan fingerprint density at radius 2 is 2.25 bits per heavy atom. The first-order valence-electron chi connectivity index (χ1n) is 6.48. The number of likely N-dealkylation sites (tertiary alicyclic amines) is 1. The van der Waals surface area contributed by atoms with Gasteiger partial charge in [0.2, 0.25) is 0 Å². The number of rotatable bonds is 1. The minimum absolute atomic E-state index is 0.146. The highest BCUT2D eigenvalue weighted by atomic mass is 32.1. The van der Waals surface area contributed by atoms with Crippen LogP contribution in [0.15, 0.2) is 12.4 Å². The van der Waals surface area contributed by atoms with Crippen LogP contribution >= 0.6 is 11.3 Å². The molecule has 1 atom stereocenters. The fourth-order valence-corrected chi connectivity index (χ4v) is 3.53. The van der Waals surface area contributed by atoms with Crippen molar-refractivity contribution in [3.63, 3.8) is 0 Å². The van der Waals surface area contributed by atoms with E-state index in [1.54, 1.807) is 24.2 Å². The number of fused-ring (bicyclic) bond motifs is 1. The molecular weight excluding hydrogens is 276 g/mol. The lowest BCUT2D eigenvalue weighted by Crippen LogP contribution is -2.48. The van der Waals surface area contributed by atoms with Gasteiger partial charge >= 0.3 is 0 Å². The Labute approximate surface area is 120 Å². The van der Waals surface area contributed by atoms with Crippen molar-refractivity contribution in [3.8, 4) is 0 Å². The van der Waals surface area contributed by atoms with Crippen molar-refractivity contribution in [1.82, 2.24) is 14.9 Å². The molecule has 1 saturated heterocycles. The highest BCUT2D eigenvalue weighted by Crippen LogP contribution is 2.32. The standard InChI is InChI=1S/C13H16N4O2S/c1-13(19)3-2-6-17(7-13)12(18)10-8(14)9-11(20-10)16-5-4-15-9/h4-5,19H,2-3,6-7,14H2,1H3. The topological polar surface area (TPSA) is 92.3 Å². The average Bonchev–Trinajstić information content (AvgIpc) is 2.75. The number of nitrogens with zero attached hydrogens (tertiary/aromatic N) is 3. The molecule has 0 aliphatic carbocycles. The van der Waals surface area contributed by atoms with Gasteiger partial charge in [0.15, 0.2) is 0 Å². The molecule has 2 aromatic heterocycles. The Bertz CT molecular complexity index is 667. The van der Waals surface area contributed by atoms with Crippen molar-refractivity contribution in [1.29, 1.82) is 0 Å². The first kappa shape index (κ1) is 13.3. The smallest absolute Gasteiger partial charge is 0.266 e. The number of nitrogen functional groups attached to an aromatic ring is 1. The predicted octanol–water partition coefficient (Wildman–Crippen LogP) is 1.26. The second kappa shape index (κ2) is 4.68. The van der Waals surface area contributed by atoms with E-state index in [0.717, 1.165) is 6.42 Å². The molecule has 2 aromatic rings. The number of thiophene rings is 1. The van der Waals surface area contributed by atoms with Gasteiger partial charge in [-0.2, -0.15) is 0 Å². The van der Waals surface area contributed by atoms with Gasteiger partial charge in [0.25, 0.3) is 5.91 Å². The highest BCUT2D eigenvalue weighted by molar-refractivity contribution is 7.21. The number of hydrogen-bond donors (Lipinski definition) is 2. The quantitative estimate of drug-likeness (QED) is 0.825. The van der Waals surface area contributed by atoms with E-state index in [0.29, 0.717) is 40.4 Å². The monoisotopic (exact) mass is 292 g/mol. The zero-order chi connectivity index (χ0) is 14.3. The lowest BCUT2D eigenvalue weighted by atomic mass is 9.95. The number of aromatic nitrogens is 2. The zero-order valence-corrected chi connectivity index (χ0v) is 12.0. The fraction of sp³-hybridized carbons (Fsp3) is 0.462. The second-order valence-corrected chi connectivity index (χ2v) is 6.38. The summed E-state index contributed by atoms with van der Waals surface area (Å²) in [5.41, 5.74) is 6.14. The third kappa shape index (κ3) is 2.23. The SMILES string of the molecule is CC1(O)CCCN(C(=O)c2sc3nccnc3c2N)C1. The molecule has 106 valence electrons. The van der Waals surface area contributed by atoms with Gasteiger partial charge in [-0.3, -0.25) is 4.79 Å². The van der Waals surface area contributed by atoms with Gasteiger partial charge in [-0.1, -0.05) is 0 Å². The minimum atomic E-state index is -0.824. The summed E-state index contributed by atoms with van der Waals surface area (Å²) in [5.74, 6) is -0.146. The Morgan fingerprint density at radius 3 is 2.95 bits per heavy atom. The molecule has 7 heteroatoms. The maximum Gasteiger partial charge on any atom is 0.266 e.